The van der Waals surface area contributed by atoms with Gasteiger partial charge in [-0.05, 0) is 36.4 Å². The van der Waals surface area contributed by atoms with Gasteiger partial charge in [0.1, 0.15) is 12.4 Å². The van der Waals surface area contributed by atoms with Gasteiger partial charge in [-0.15, -0.1) is 11.5 Å². The number of nitrogens with two attached hydrogens (primary N) is 1. The molecule has 0 aliphatic heterocycles. The molecule has 2 heterocycles. The maximum Gasteiger partial charge on any atom is 0.355 e. The molecule has 0 atom stereocenters. The molecule has 132 valence electrons. The Morgan fingerprint density at radius 1 is 1.11 bits per heavy atom. The Balaban J connectivity index is 1.79. The molecule has 0 aliphatic rings. The lowest BCUT2D eigenvalue weighted by Crippen LogP contribution is -2.19. The van der Waals surface area contributed by atoms with Crippen LogP contribution in [0.5, 0.6) is 5.75 Å². The Morgan fingerprint density at radius 3 is 2.56 bits per heavy atom. The minimum Gasteiger partial charge on any atom is -0.481 e. The van der Waals surface area contributed by atoms with E-state index >= 15 is 0 Å². The molecule has 27 heavy (non-hydrogen) atoms. The molecule has 4 rings (SSSR count). The number of para-hydroxylation sites is 1. The van der Waals surface area contributed by atoms with E-state index in [1.54, 1.807) is 30.5 Å². The number of ether oxygens (including phenoxy) is 1. The number of hydrogen-bond acceptors (Lipinski definition) is 5. The van der Waals surface area contributed by atoms with Crippen molar-refractivity contribution in [2.75, 3.05) is 12.3 Å². The van der Waals surface area contributed by atoms with Crippen molar-refractivity contribution in [3.8, 4) is 35.0 Å². The highest BCUT2D eigenvalue weighted by Gasteiger charge is 2.14. The summed E-state index contributed by atoms with van der Waals surface area (Å²) >= 11 is 0. The number of anilines is 1. The lowest BCUT2D eigenvalue weighted by Gasteiger charge is -2.05. The molecule has 0 amide bonds. The summed E-state index contributed by atoms with van der Waals surface area (Å²) < 4.78 is 8.06. The molecule has 7 heteroatoms. The van der Waals surface area contributed by atoms with E-state index in [9.17, 15) is 4.79 Å². The molecule has 2 N–H and O–H groups in total. The number of benzene rings is 2. The minimum atomic E-state index is -0.319. The van der Waals surface area contributed by atoms with Gasteiger partial charge in [0, 0.05) is 11.8 Å². The van der Waals surface area contributed by atoms with E-state index in [-0.39, 0.29) is 18.1 Å². The molecule has 2 aromatic carbocycles. The summed E-state index contributed by atoms with van der Waals surface area (Å²) in [5.41, 5.74) is 8.04. The predicted molar refractivity (Wildman–Crippen MR) is 103 cm³/mol. The Bertz CT molecular complexity index is 1200. The van der Waals surface area contributed by atoms with Gasteiger partial charge in [-0.25, -0.2) is 14.2 Å². The maximum atomic E-state index is 12.8. The van der Waals surface area contributed by atoms with Crippen LogP contribution >= 0.6 is 0 Å². The van der Waals surface area contributed by atoms with Crippen molar-refractivity contribution in [3.63, 3.8) is 0 Å². The van der Waals surface area contributed by atoms with Crippen molar-refractivity contribution in [1.29, 1.82) is 0 Å². The first kappa shape index (κ1) is 16.4. The van der Waals surface area contributed by atoms with Crippen LogP contribution in [0.25, 0.3) is 22.6 Å². The Morgan fingerprint density at radius 2 is 1.85 bits per heavy atom. The smallest absolute Gasteiger partial charge is 0.355 e. The van der Waals surface area contributed by atoms with E-state index in [1.165, 1.54) is 9.08 Å². The molecular formula is C20H15N5O2. The number of hydrogen-bond donors (Lipinski definition) is 1. The average molecular weight is 357 g/mol. The molecule has 4 aromatic rings. The SMILES string of the molecule is C#CCOc1ccc(-c2cn3c(=O)n(-c4ccccc4)nc3c(N)n2)cc1. The molecule has 2 aromatic heterocycles. The van der Waals surface area contributed by atoms with Gasteiger partial charge in [0.25, 0.3) is 0 Å². The molecule has 0 saturated carbocycles. The number of nitrogens with zero attached hydrogens (tertiary/aromatic N) is 4. The summed E-state index contributed by atoms with van der Waals surface area (Å²) in [7, 11) is 0. The van der Waals surface area contributed by atoms with Crippen LogP contribution < -0.4 is 16.2 Å². The van der Waals surface area contributed by atoms with E-state index in [0.29, 0.717) is 22.8 Å². The van der Waals surface area contributed by atoms with E-state index in [1.807, 2.05) is 30.3 Å². The first-order valence-corrected chi connectivity index (χ1v) is 8.17. The van der Waals surface area contributed by atoms with Gasteiger partial charge in [0.2, 0.25) is 5.65 Å². The second-order valence-corrected chi connectivity index (χ2v) is 5.75. The molecule has 7 nitrogen and oxygen atoms in total. The lowest BCUT2D eigenvalue weighted by molar-refractivity contribution is 0.370. The fraction of sp³-hybridized carbons (Fsp3) is 0.0500. The van der Waals surface area contributed by atoms with Gasteiger partial charge in [-0.2, -0.15) is 4.68 Å². The minimum absolute atomic E-state index is 0.173. The predicted octanol–water partition coefficient (Wildman–Crippen LogP) is 2.14. The highest BCUT2D eigenvalue weighted by Crippen LogP contribution is 2.22. The average Bonchev–Trinajstić information content (AvgIpc) is 3.05. The second-order valence-electron chi connectivity index (χ2n) is 5.75. The quantitative estimate of drug-likeness (QED) is 0.566. The summed E-state index contributed by atoms with van der Waals surface area (Å²) in [5.74, 6) is 3.24. The van der Waals surface area contributed by atoms with Crippen LogP contribution in [0.15, 0.2) is 65.6 Å². The second kappa shape index (κ2) is 6.69. The molecular weight excluding hydrogens is 342 g/mol. The number of rotatable bonds is 4. The van der Waals surface area contributed by atoms with Crippen molar-refractivity contribution in [2.24, 2.45) is 0 Å². The van der Waals surface area contributed by atoms with Crippen LogP contribution in [0, 0.1) is 12.3 Å². The summed E-state index contributed by atoms with van der Waals surface area (Å²) in [4.78, 5) is 17.2. The third-order valence-corrected chi connectivity index (χ3v) is 4.00. The van der Waals surface area contributed by atoms with Crippen LogP contribution in [-0.4, -0.2) is 25.8 Å². The van der Waals surface area contributed by atoms with Crippen LogP contribution in [0.2, 0.25) is 0 Å². The van der Waals surface area contributed by atoms with E-state index in [0.717, 1.165) is 5.56 Å². The zero-order chi connectivity index (χ0) is 18.8. The summed E-state index contributed by atoms with van der Waals surface area (Å²) in [6.07, 6.45) is 6.81. The molecule has 0 aliphatic carbocycles. The van der Waals surface area contributed by atoms with Gasteiger partial charge in [-0.1, -0.05) is 24.1 Å². The van der Waals surface area contributed by atoms with Gasteiger partial charge in [0.05, 0.1) is 11.4 Å². The highest BCUT2D eigenvalue weighted by atomic mass is 16.5. The van der Waals surface area contributed by atoms with Crippen molar-refractivity contribution in [2.45, 2.75) is 0 Å². The van der Waals surface area contributed by atoms with Crippen LogP contribution in [-0.2, 0) is 0 Å². The largest absolute Gasteiger partial charge is 0.481 e. The van der Waals surface area contributed by atoms with Gasteiger partial charge < -0.3 is 10.5 Å². The van der Waals surface area contributed by atoms with Crippen molar-refractivity contribution in [3.05, 3.63) is 71.3 Å². The van der Waals surface area contributed by atoms with Gasteiger partial charge >= 0.3 is 5.69 Å². The molecule has 0 radical (unpaired) electrons. The Labute approximate surface area is 154 Å². The van der Waals surface area contributed by atoms with Gasteiger partial charge in [0.15, 0.2) is 5.82 Å². The first-order valence-electron chi connectivity index (χ1n) is 8.17. The summed E-state index contributed by atoms with van der Waals surface area (Å²) in [5, 5.41) is 4.31. The number of terminal acetylenes is 1. The standard InChI is InChI=1S/C20H15N5O2/c1-2-12-27-16-10-8-14(9-11-16)17-13-24-19(18(21)22-17)23-25(20(24)26)15-6-4-3-5-7-15/h1,3-11,13H,12H2,(H2,21,22). The third-order valence-electron chi connectivity index (χ3n) is 4.00. The van der Waals surface area contributed by atoms with Crippen LogP contribution in [0.4, 0.5) is 5.82 Å². The molecule has 0 unspecified atom stereocenters. The van der Waals surface area contributed by atoms with E-state index in [4.69, 9.17) is 16.9 Å². The van der Waals surface area contributed by atoms with E-state index < -0.39 is 0 Å². The third kappa shape index (κ3) is 3.00. The maximum absolute atomic E-state index is 12.8. The fourth-order valence-corrected chi connectivity index (χ4v) is 2.72. The van der Waals surface area contributed by atoms with Crippen LogP contribution in [0.1, 0.15) is 0 Å². The molecule has 0 bridgehead atoms. The zero-order valence-corrected chi connectivity index (χ0v) is 14.2. The summed E-state index contributed by atoms with van der Waals surface area (Å²) in [6, 6.07) is 16.4. The van der Waals surface area contributed by atoms with Crippen molar-refractivity contribution < 1.29 is 4.74 Å². The van der Waals surface area contributed by atoms with Crippen LogP contribution in [0.3, 0.4) is 0 Å². The fourth-order valence-electron chi connectivity index (χ4n) is 2.72. The van der Waals surface area contributed by atoms with Crippen molar-refractivity contribution in [1.82, 2.24) is 19.2 Å². The topological polar surface area (TPSA) is 87.4 Å². The van der Waals surface area contributed by atoms with Gasteiger partial charge in [-0.3, -0.25) is 0 Å². The number of nitrogen functional groups attached to an aromatic ring is 1. The zero-order valence-electron chi connectivity index (χ0n) is 14.2. The number of aromatic nitrogens is 4. The summed E-state index contributed by atoms with van der Waals surface area (Å²) in [6.45, 7) is 0.199. The monoisotopic (exact) mass is 357 g/mol. The Hall–Kier alpha value is -4.05. The molecule has 0 fully saturated rings. The Kier molecular flexibility index (Phi) is 4.07. The molecule has 0 saturated heterocycles. The van der Waals surface area contributed by atoms with E-state index in [2.05, 4.69) is 16.0 Å². The highest BCUT2D eigenvalue weighted by molar-refractivity contribution is 5.67. The number of fused-ring (bicyclic) bond motifs is 1. The lowest BCUT2D eigenvalue weighted by atomic mass is 10.1. The van der Waals surface area contributed by atoms with Crippen molar-refractivity contribution >= 4 is 11.5 Å². The normalized spacial score (nSPS) is 10.6. The molecule has 0 spiro atoms. The first-order chi connectivity index (χ1) is 13.2.